The standard InChI is InChI=1S/C13H16FN3OS/c1-3-4-10-13(19-17-16-10)12(15)8-5-6-11(18-2)9(14)7-8/h5-7,12H,3-4,15H2,1-2H3. The summed E-state index contributed by atoms with van der Waals surface area (Å²) in [7, 11) is 1.43. The van der Waals surface area contributed by atoms with E-state index < -0.39 is 11.9 Å². The summed E-state index contributed by atoms with van der Waals surface area (Å²) in [4.78, 5) is 0.895. The number of halogens is 1. The van der Waals surface area contributed by atoms with Crippen molar-refractivity contribution in [2.45, 2.75) is 25.8 Å². The van der Waals surface area contributed by atoms with Crippen LogP contribution in [0.4, 0.5) is 4.39 Å². The summed E-state index contributed by atoms with van der Waals surface area (Å²) >= 11 is 1.27. The molecule has 2 N–H and O–H groups in total. The minimum atomic E-state index is -0.412. The average molecular weight is 281 g/mol. The quantitative estimate of drug-likeness (QED) is 0.915. The summed E-state index contributed by atoms with van der Waals surface area (Å²) in [6.07, 6.45) is 1.81. The zero-order valence-corrected chi connectivity index (χ0v) is 11.7. The normalized spacial score (nSPS) is 12.4. The fraction of sp³-hybridized carbons (Fsp3) is 0.385. The highest BCUT2D eigenvalue weighted by atomic mass is 32.1. The fourth-order valence-corrected chi connectivity index (χ4v) is 2.61. The summed E-state index contributed by atoms with van der Waals surface area (Å²) in [6.45, 7) is 2.07. The number of hydrogen-bond donors (Lipinski definition) is 1. The molecule has 0 spiro atoms. The summed E-state index contributed by atoms with van der Waals surface area (Å²) in [5.41, 5.74) is 7.77. The number of aryl methyl sites for hydroxylation is 1. The fourth-order valence-electron chi connectivity index (χ4n) is 1.89. The highest BCUT2D eigenvalue weighted by Crippen LogP contribution is 2.28. The van der Waals surface area contributed by atoms with Crippen LogP contribution in [0.3, 0.4) is 0 Å². The number of methoxy groups -OCH3 is 1. The van der Waals surface area contributed by atoms with Gasteiger partial charge in [0, 0.05) is 0 Å². The molecular weight excluding hydrogens is 265 g/mol. The molecule has 1 aromatic heterocycles. The molecule has 19 heavy (non-hydrogen) atoms. The molecule has 1 aromatic carbocycles. The van der Waals surface area contributed by atoms with Gasteiger partial charge in [-0.15, -0.1) is 5.10 Å². The highest BCUT2D eigenvalue weighted by molar-refractivity contribution is 7.05. The molecule has 4 nitrogen and oxygen atoms in total. The number of nitrogens with zero attached hydrogens (tertiary/aromatic N) is 2. The third kappa shape index (κ3) is 2.90. The van der Waals surface area contributed by atoms with E-state index in [0.29, 0.717) is 5.56 Å². The molecule has 6 heteroatoms. The second-order valence-corrected chi connectivity index (χ2v) is 4.99. The van der Waals surface area contributed by atoms with E-state index in [9.17, 15) is 4.39 Å². The van der Waals surface area contributed by atoms with Crippen LogP contribution in [-0.4, -0.2) is 16.7 Å². The Morgan fingerprint density at radius 2 is 2.26 bits per heavy atom. The van der Waals surface area contributed by atoms with Gasteiger partial charge in [-0.3, -0.25) is 0 Å². The lowest BCUT2D eigenvalue weighted by Crippen LogP contribution is -2.13. The van der Waals surface area contributed by atoms with E-state index in [2.05, 4.69) is 16.5 Å². The lowest BCUT2D eigenvalue weighted by Gasteiger charge is -2.12. The van der Waals surface area contributed by atoms with Crippen molar-refractivity contribution in [1.29, 1.82) is 0 Å². The second-order valence-electron chi connectivity index (χ2n) is 4.21. The van der Waals surface area contributed by atoms with E-state index in [-0.39, 0.29) is 5.75 Å². The van der Waals surface area contributed by atoms with Crippen LogP contribution in [0, 0.1) is 5.82 Å². The second kappa shape index (κ2) is 6.08. The SMILES string of the molecule is CCCc1nnsc1C(N)c1ccc(OC)c(F)c1. The Labute approximate surface area is 115 Å². The van der Waals surface area contributed by atoms with Crippen molar-refractivity contribution in [3.8, 4) is 5.75 Å². The van der Waals surface area contributed by atoms with Crippen LogP contribution in [0.1, 0.15) is 35.5 Å². The summed E-state index contributed by atoms with van der Waals surface area (Å²) in [5, 5.41) is 4.08. The Morgan fingerprint density at radius 1 is 1.47 bits per heavy atom. The molecule has 0 fully saturated rings. The topological polar surface area (TPSA) is 61.0 Å². The highest BCUT2D eigenvalue weighted by Gasteiger charge is 2.18. The van der Waals surface area contributed by atoms with Crippen LogP contribution in [-0.2, 0) is 6.42 Å². The minimum Gasteiger partial charge on any atom is -0.494 e. The molecule has 0 saturated heterocycles. The first-order valence-corrected chi connectivity index (χ1v) is 6.84. The van der Waals surface area contributed by atoms with Crippen LogP contribution in [0.15, 0.2) is 18.2 Å². The average Bonchev–Trinajstić information content (AvgIpc) is 2.86. The molecular formula is C13H16FN3OS. The summed E-state index contributed by atoms with van der Waals surface area (Å²) in [5.74, 6) is -0.197. The van der Waals surface area contributed by atoms with Crippen molar-refractivity contribution in [3.63, 3.8) is 0 Å². The van der Waals surface area contributed by atoms with Crippen molar-refractivity contribution in [2.75, 3.05) is 7.11 Å². The van der Waals surface area contributed by atoms with Crippen molar-refractivity contribution < 1.29 is 9.13 Å². The van der Waals surface area contributed by atoms with Crippen LogP contribution in [0.25, 0.3) is 0 Å². The van der Waals surface area contributed by atoms with Crippen LogP contribution in [0.5, 0.6) is 5.75 Å². The Bertz CT molecular complexity index is 559. The van der Waals surface area contributed by atoms with Gasteiger partial charge in [0.1, 0.15) is 0 Å². The molecule has 1 atom stereocenters. The first-order valence-electron chi connectivity index (χ1n) is 6.07. The smallest absolute Gasteiger partial charge is 0.165 e. The van der Waals surface area contributed by atoms with Gasteiger partial charge in [0.25, 0.3) is 0 Å². The molecule has 0 aliphatic rings. The third-order valence-electron chi connectivity index (χ3n) is 2.89. The maximum Gasteiger partial charge on any atom is 0.165 e. The number of benzene rings is 1. The molecule has 1 heterocycles. The van der Waals surface area contributed by atoms with Crippen LogP contribution < -0.4 is 10.5 Å². The molecule has 2 aromatic rings. The van der Waals surface area contributed by atoms with E-state index in [4.69, 9.17) is 10.5 Å². The largest absolute Gasteiger partial charge is 0.494 e. The zero-order chi connectivity index (χ0) is 13.8. The third-order valence-corrected chi connectivity index (χ3v) is 3.74. The molecule has 0 aliphatic carbocycles. The maximum atomic E-state index is 13.7. The minimum absolute atomic E-state index is 0.215. The number of hydrogen-bond acceptors (Lipinski definition) is 5. The van der Waals surface area contributed by atoms with E-state index in [0.717, 1.165) is 23.4 Å². The van der Waals surface area contributed by atoms with Crippen molar-refractivity contribution in [1.82, 2.24) is 9.59 Å². The predicted molar refractivity (Wildman–Crippen MR) is 72.9 cm³/mol. The molecule has 0 bridgehead atoms. The van der Waals surface area contributed by atoms with Gasteiger partial charge < -0.3 is 10.5 Å². The summed E-state index contributed by atoms with van der Waals surface area (Å²) in [6, 6.07) is 4.35. The zero-order valence-electron chi connectivity index (χ0n) is 10.9. The molecule has 102 valence electrons. The molecule has 1 unspecified atom stereocenters. The lowest BCUT2D eigenvalue weighted by atomic mass is 10.0. The van der Waals surface area contributed by atoms with Crippen LogP contribution in [0.2, 0.25) is 0 Å². The maximum absolute atomic E-state index is 13.7. The Morgan fingerprint density at radius 3 is 2.89 bits per heavy atom. The van der Waals surface area contributed by atoms with Gasteiger partial charge in [-0.2, -0.15) is 0 Å². The number of aromatic nitrogens is 2. The molecule has 0 radical (unpaired) electrons. The molecule has 0 amide bonds. The molecule has 0 aliphatic heterocycles. The molecule has 0 saturated carbocycles. The van der Waals surface area contributed by atoms with Crippen molar-refractivity contribution in [3.05, 3.63) is 40.2 Å². The first kappa shape index (κ1) is 13.9. The van der Waals surface area contributed by atoms with Crippen LogP contribution >= 0.6 is 11.5 Å². The van der Waals surface area contributed by atoms with Gasteiger partial charge in [-0.1, -0.05) is 23.9 Å². The van der Waals surface area contributed by atoms with Gasteiger partial charge >= 0.3 is 0 Å². The number of rotatable bonds is 5. The van der Waals surface area contributed by atoms with Crippen molar-refractivity contribution >= 4 is 11.5 Å². The van der Waals surface area contributed by atoms with Crippen molar-refractivity contribution in [2.24, 2.45) is 5.73 Å². The Hall–Kier alpha value is -1.53. The number of ether oxygens (including phenoxy) is 1. The van der Waals surface area contributed by atoms with E-state index >= 15 is 0 Å². The summed E-state index contributed by atoms with van der Waals surface area (Å²) < 4.78 is 22.5. The van der Waals surface area contributed by atoms with Gasteiger partial charge in [-0.05, 0) is 35.6 Å². The van der Waals surface area contributed by atoms with E-state index in [1.165, 1.54) is 24.7 Å². The monoisotopic (exact) mass is 281 g/mol. The Balaban J connectivity index is 2.30. The first-order chi connectivity index (χ1) is 9.17. The Kier molecular flexibility index (Phi) is 4.44. The van der Waals surface area contributed by atoms with E-state index in [1.54, 1.807) is 12.1 Å². The predicted octanol–water partition coefficient (Wildman–Crippen LogP) is 2.69. The van der Waals surface area contributed by atoms with Gasteiger partial charge in [0.15, 0.2) is 11.6 Å². The number of nitrogens with two attached hydrogens (primary N) is 1. The van der Waals surface area contributed by atoms with Gasteiger partial charge in [0.2, 0.25) is 0 Å². The molecule has 2 rings (SSSR count). The van der Waals surface area contributed by atoms with Gasteiger partial charge in [-0.25, -0.2) is 4.39 Å². The lowest BCUT2D eigenvalue weighted by molar-refractivity contribution is 0.386. The van der Waals surface area contributed by atoms with E-state index in [1.807, 2.05) is 0 Å². The van der Waals surface area contributed by atoms with Gasteiger partial charge in [0.05, 0.1) is 23.7 Å².